The standard InChI is InChI=1S/C14H20N4O/c1-3-7-14(11-19-2)8-4-9-18(14)13-6-5-12(10-15)16-17-13/h5-6H,3-4,7-9,11H2,1-2H3. The van der Waals surface area contributed by atoms with Crippen LogP contribution in [0.5, 0.6) is 0 Å². The van der Waals surface area contributed by atoms with E-state index in [1.807, 2.05) is 12.1 Å². The van der Waals surface area contributed by atoms with Crippen LogP contribution in [0.3, 0.4) is 0 Å². The number of anilines is 1. The van der Waals surface area contributed by atoms with Gasteiger partial charge in [0, 0.05) is 13.7 Å². The van der Waals surface area contributed by atoms with Crippen LogP contribution < -0.4 is 4.90 Å². The maximum absolute atomic E-state index is 8.78. The van der Waals surface area contributed by atoms with Crippen molar-refractivity contribution in [3.63, 3.8) is 0 Å². The Bertz CT molecular complexity index is 446. The van der Waals surface area contributed by atoms with Gasteiger partial charge in [0.05, 0.1) is 12.1 Å². The molecule has 1 aliphatic rings. The van der Waals surface area contributed by atoms with Gasteiger partial charge in [-0.1, -0.05) is 13.3 Å². The van der Waals surface area contributed by atoms with Gasteiger partial charge < -0.3 is 9.64 Å². The zero-order valence-corrected chi connectivity index (χ0v) is 11.6. The number of methoxy groups -OCH3 is 1. The number of nitriles is 1. The van der Waals surface area contributed by atoms with Gasteiger partial charge in [-0.25, -0.2) is 0 Å². The van der Waals surface area contributed by atoms with Crippen molar-refractivity contribution in [3.8, 4) is 6.07 Å². The zero-order chi connectivity index (χ0) is 13.7. The highest BCUT2D eigenvalue weighted by Gasteiger charge is 2.41. The minimum atomic E-state index is 0.0341. The third kappa shape index (κ3) is 2.69. The summed E-state index contributed by atoms with van der Waals surface area (Å²) in [5.41, 5.74) is 0.391. The van der Waals surface area contributed by atoms with Crippen molar-refractivity contribution in [2.24, 2.45) is 0 Å². The third-order valence-electron chi connectivity index (χ3n) is 3.77. The molecule has 19 heavy (non-hydrogen) atoms. The van der Waals surface area contributed by atoms with Crippen LogP contribution in [-0.2, 0) is 4.74 Å². The topological polar surface area (TPSA) is 62.0 Å². The molecule has 1 fully saturated rings. The molecule has 1 aliphatic heterocycles. The van der Waals surface area contributed by atoms with E-state index in [0.29, 0.717) is 12.3 Å². The van der Waals surface area contributed by atoms with Crippen LogP contribution in [0.15, 0.2) is 12.1 Å². The van der Waals surface area contributed by atoms with Crippen LogP contribution in [0, 0.1) is 11.3 Å². The molecule has 0 N–H and O–H groups in total. The second kappa shape index (κ2) is 5.98. The maximum atomic E-state index is 8.78. The molecule has 1 atom stereocenters. The highest BCUT2D eigenvalue weighted by Crippen LogP contribution is 2.36. The summed E-state index contributed by atoms with van der Waals surface area (Å²) >= 11 is 0. The Kier molecular flexibility index (Phi) is 4.33. The van der Waals surface area contributed by atoms with Crippen molar-refractivity contribution in [2.45, 2.75) is 38.1 Å². The largest absolute Gasteiger partial charge is 0.382 e. The molecule has 1 aromatic heterocycles. The van der Waals surface area contributed by atoms with Gasteiger partial charge in [0.15, 0.2) is 11.5 Å². The molecule has 0 aromatic carbocycles. The normalized spacial score (nSPS) is 22.5. The quantitative estimate of drug-likeness (QED) is 0.811. The van der Waals surface area contributed by atoms with Gasteiger partial charge in [0.1, 0.15) is 6.07 Å². The van der Waals surface area contributed by atoms with Crippen molar-refractivity contribution in [1.82, 2.24) is 10.2 Å². The summed E-state index contributed by atoms with van der Waals surface area (Å²) in [5, 5.41) is 16.9. The Balaban J connectivity index is 2.27. The first-order valence-corrected chi connectivity index (χ1v) is 6.76. The second-order valence-electron chi connectivity index (χ2n) is 5.05. The molecule has 1 saturated heterocycles. The number of aromatic nitrogens is 2. The lowest BCUT2D eigenvalue weighted by Gasteiger charge is -2.38. The number of nitrogens with zero attached hydrogens (tertiary/aromatic N) is 4. The minimum absolute atomic E-state index is 0.0341. The maximum Gasteiger partial charge on any atom is 0.163 e. The lowest BCUT2D eigenvalue weighted by molar-refractivity contribution is 0.127. The van der Waals surface area contributed by atoms with Gasteiger partial charge in [-0.3, -0.25) is 0 Å². The van der Waals surface area contributed by atoms with E-state index in [1.54, 1.807) is 13.2 Å². The smallest absolute Gasteiger partial charge is 0.163 e. The Hall–Kier alpha value is -1.67. The Morgan fingerprint density at radius 3 is 2.89 bits per heavy atom. The highest BCUT2D eigenvalue weighted by molar-refractivity contribution is 5.44. The van der Waals surface area contributed by atoms with Gasteiger partial charge in [0.25, 0.3) is 0 Å². The second-order valence-corrected chi connectivity index (χ2v) is 5.05. The van der Waals surface area contributed by atoms with Gasteiger partial charge in [-0.15, -0.1) is 10.2 Å². The van der Waals surface area contributed by atoms with Crippen LogP contribution in [0.2, 0.25) is 0 Å². The van der Waals surface area contributed by atoms with Crippen LogP contribution in [-0.4, -0.2) is 36.0 Å². The van der Waals surface area contributed by atoms with Gasteiger partial charge >= 0.3 is 0 Å². The van der Waals surface area contributed by atoms with Crippen LogP contribution in [0.25, 0.3) is 0 Å². The Morgan fingerprint density at radius 1 is 1.47 bits per heavy atom. The Morgan fingerprint density at radius 2 is 2.32 bits per heavy atom. The lowest BCUT2D eigenvalue weighted by atomic mass is 9.91. The van der Waals surface area contributed by atoms with Gasteiger partial charge in [-0.2, -0.15) is 5.26 Å². The van der Waals surface area contributed by atoms with E-state index in [1.165, 1.54) is 0 Å². The van der Waals surface area contributed by atoms with Gasteiger partial charge in [-0.05, 0) is 31.4 Å². The first-order chi connectivity index (χ1) is 9.25. The average molecular weight is 260 g/mol. The van der Waals surface area contributed by atoms with Crippen LogP contribution in [0.4, 0.5) is 5.82 Å². The molecule has 2 rings (SSSR count). The van der Waals surface area contributed by atoms with E-state index in [2.05, 4.69) is 22.0 Å². The van der Waals surface area contributed by atoms with Crippen molar-refractivity contribution in [1.29, 1.82) is 5.26 Å². The van der Waals surface area contributed by atoms with Crippen molar-refractivity contribution in [2.75, 3.05) is 25.2 Å². The number of rotatable bonds is 5. The number of hydrogen-bond acceptors (Lipinski definition) is 5. The molecule has 1 unspecified atom stereocenters. The molecule has 0 spiro atoms. The monoisotopic (exact) mass is 260 g/mol. The third-order valence-corrected chi connectivity index (χ3v) is 3.77. The van der Waals surface area contributed by atoms with Gasteiger partial charge in [0.2, 0.25) is 0 Å². The fraction of sp³-hybridized carbons (Fsp3) is 0.643. The fourth-order valence-electron chi connectivity index (χ4n) is 3.04. The van der Waals surface area contributed by atoms with Crippen molar-refractivity contribution >= 4 is 5.82 Å². The molecule has 0 radical (unpaired) electrons. The molecule has 0 aliphatic carbocycles. The minimum Gasteiger partial charge on any atom is -0.382 e. The molecule has 0 amide bonds. The number of ether oxygens (including phenoxy) is 1. The molecule has 0 saturated carbocycles. The van der Waals surface area contributed by atoms with Crippen molar-refractivity contribution < 1.29 is 4.74 Å². The summed E-state index contributed by atoms with van der Waals surface area (Å²) < 4.78 is 5.44. The first-order valence-electron chi connectivity index (χ1n) is 6.76. The van der Waals surface area contributed by atoms with E-state index >= 15 is 0 Å². The number of hydrogen-bond donors (Lipinski definition) is 0. The summed E-state index contributed by atoms with van der Waals surface area (Å²) in [6.07, 6.45) is 4.47. The Labute approximate surface area is 114 Å². The van der Waals surface area contributed by atoms with E-state index in [9.17, 15) is 0 Å². The highest BCUT2D eigenvalue weighted by atomic mass is 16.5. The average Bonchev–Trinajstić information content (AvgIpc) is 2.83. The predicted octanol–water partition coefficient (Wildman–Crippen LogP) is 2.13. The molecule has 1 aromatic rings. The van der Waals surface area contributed by atoms with Crippen molar-refractivity contribution in [3.05, 3.63) is 17.8 Å². The summed E-state index contributed by atoms with van der Waals surface area (Å²) in [6, 6.07) is 5.61. The molecule has 2 heterocycles. The molecule has 5 heteroatoms. The fourth-order valence-corrected chi connectivity index (χ4v) is 3.04. The zero-order valence-electron chi connectivity index (χ0n) is 11.6. The summed E-state index contributed by atoms with van der Waals surface area (Å²) in [6.45, 7) is 3.88. The molecule has 102 valence electrons. The summed E-state index contributed by atoms with van der Waals surface area (Å²) in [5.74, 6) is 0.849. The van der Waals surface area contributed by atoms with E-state index in [-0.39, 0.29) is 5.54 Å². The molecular formula is C14H20N4O. The predicted molar refractivity (Wildman–Crippen MR) is 72.8 cm³/mol. The van der Waals surface area contributed by atoms with Crippen LogP contribution >= 0.6 is 0 Å². The summed E-state index contributed by atoms with van der Waals surface area (Å²) in [4.78, 5) is 2.30. The van der Waals surface area contributed by atoms with E-state index < -0.39 is 0 Å². The summed E-state index contributed by atoms with van der Waals surface area (Å²) in [7, 11) is 1.75. The lowest BCUT2D eigenvalue weighted by Crippen LogP contribution is -2.48. The molecule has 0 bridgehead atoms. The molecule has 5 nitrogen and oxygen atoms in total. The van der Waals surface area contributed by atoms with Crippen LogP contribution in [0.1, 0.15) is 38.3 Å². The first kappa shape index (κ1) is 13.8. The van der Waals surface area contributed by atoms with E-state index in [4.69, 9.17) is 10.00 Å². The molecular weight excluding hydrogens is 240 g/mol. The SMILES string of the molecule is CCCC1(COC)CCCN1c1ccc(C#N)nn1. The van der Waals surface area contributed by atoms with E-state index in [0.717, 1.165) is 38.0 Å².